The molecule has 126 valence electrons. The zero-order valence-corrected chi connectivity index (χ0v) is 14.6. The Morgan fingerprint density at radius 3 is 2.48 bits per heavy atom. The molecule has 1 heterocycles. The first-order valence-corrected chi connectivity index (χ1v) is 8.34. The van der Waals surface area contributed by atoms with Crippen molar-refractivity contribution in [1.82, 2.24) is 5.32 Å². The first-order chi connectivity index (χ1) is 12.1. The molecule has 0 bridgehead atoms. The number of halogens is 2. The van der Waals surface area contributed by atoms with E-state index in [0.29, 0.717) is 20.3 Å². The maximum atomic E-state index is 14.5. The summed E-state index contributed by atoms with van der Waals surface area (Å²) >= 11 is 3.23. The molecule has 1 unspecified atom stereocenters. The molecular formula is C19H14BrFN2O2. The van der Waals surface area contributed by atoms with Gasteiger partial charge in [-0.25, -0.2) is 4.39 Å². The zero-order valence-electron chi connectivity index (χ0n) is 13.0. The topological polar surface area (TPSA) is 56.0 Å². The van der Waals surface area contributed by atoms with Crippen LogP contribution < -0.4 is 10.0 Å². The van der Waals surface area contributed by atoms with Gasteiger partial charge in [-0.1, -0.05) is 52.3 Å². The molecule has 1 atom stereocenters. The molecule has 0 radical (unpaired) electrons. The predicted molar refractivity (Wildman–Crippen MR) is 95.3 cm³/mol. The van der Waals surface area contributed by atoms with Crippen molar-refractivity contribution in [2.24, 2.45) is 0 Å². The summed E-state index contributed by atoms with van der Waals surface area (Å²) in [7, 11) is 0. The third-order valence-electron chi connectivity index (χ3n) is 3.74. The largest absolute Gasteiger partial charge is 0.618 e. The summed E-state index contributed by atoms with van der Waals surface area (Å²) in [6.07, 6.45) is 1.24. The Bertz CT molecular complexity index is 903. The second-order valence-corrected chi connectivity index (χ2v) is 6.31. The summed E-state index contributed by atoms with van der Waals surface area (Å²) in [5.74, 6) is -1.03. The number of benzene rings is 2. The monoisotopic (exact) mass is 400 g/mol. The lowest BCUT2D eigenvalue weighted by atomic mass is 9.98. The van der Waals surface area contributed by atoms with E-state index in [4.69, 9.17) is 0 Å². The van der Waals surface area contributed by atoms with Crippen LogP contribution in [0.25, 0.3) is 0 Å². The number of hydrogen-bond acceptors (Lipinski definition) is 2. The molecule has 2 aromatic carbocycles. The first kappa shape index (κ1) is 17.1. The van der Waals surface area contributed by atoms with Gasteiger partial charge >= 0.3 is 5.91 Å². The van der Waals surface area contributed by atoms with Crippen LogP contribution in [0.4, 0.5) is 4.39 Å². The van der Waals surface area contributed by atoms with Gasteiger partial charge in [0.15, 0.2) is 6.20 Å². The molecule has 0 spiro atoms. The van der Waals surface area contributed by atoms with Crippen LogP contribution in [0.15, 0.2) is 77.4 Å². The number of amides is 1. The van der Waals surface area contributed by atoms with Crippen LogP contribution in [0.1, 0.15) is 27.7 Å². The van der Waals surface area contributed by atoms with Gasteiger partial charge in [-0.2, -0.15) is 4.73 Å². The SMILES string of the molecule is O=C(NC(c1ccccc1)c1ccc(Br)cc1F)c1cccc[n+]1[O-]. The molecule has 0 aliphatic heterocycles. The zero-order chi connectivity index (χ0) is 17.8. The average molecular weight is 401 g/mol. The molecule has 3 rings (SSSR count). The van der Waals surface area contributed by atoms with Gasteiger partial charge in [-0.15, -0.1) is 0 Å². The minimum atomic E-state index is -0.720. The molecule has 0 saturated heterocycles. The highest BCUT2D eigenvalue weighted by molar-refractivity contribution is 9.10. The summed E-state index contributed by atoms with van der Waals surface area (Å²) in [6, 6.07) is 17.5. The highest BCUT2D eigenvalue weighted by Crippen LogP contribution is 2.26. The van der Waals surface area contributed by atoms with Gasteiger partial charge in [-0.05, 0) is 23.8 Å². The van der Waals surface area contributed by atoms with Gasteiger partial charge in [0.25, 0.3) is 5.69 Å². The van der Waals surface area contributed by atoms with E-state index in [1.165, 1.54) is 24.4 Å². The molecule has 0 fully saturated rings. The Morgan fingerprint density at radius 2 is 1.80 bits per heavy atom. The standard InChI is InChI=1S/C19H14BrFN2O2/c20-14-9-10-15(16(21)12-14)18(13-6-2-1-3-7-13)22-19(24)17-8-4-5-11-23(17)25/h1-12,18H,(H,22,24). The van der Waals surface area contributed by atoms with Gasteiger partial charge in [0.05, 0.1) is 6.04 Å². The molecule has 1 N–H and O–H groups in total. The Balaban J connectivity index is 2.00. The number of rotatable bonds is 4. The van der Waals surface area contributed by atoms with Crippen molar-refractivity contribution in [1.29, 1.82) is 0 Å². The second-order valence-electron chi connectivity index (χ2n) is 5.39. The van der Waals surface area contributed by atoms with E-state index < -0.39 is 17.8 Å². The average Bonchev–Trinajstić information content (AvgIpc) is 2.61. The lowest BCUT2D eigenvalue weighted by Gasteiger charge is -2.20. The molecule has 4 nitrogen and oxygen atoms in total. The van der Waals surface area contributed by atoms with E-state index in [1.807, 2.05) is 18.2 Å². The lowest BCUT2D eigenvalue weighted by molar-refractivity contribution is -0.607. The van der Waals surface area contributed by atoms with E-state index in [9.17, 15) is 14.4 Å². The number of aromatic nitrogens is 1. The van der Waals surface area contributed by atoms with Crippen LogP contribution in [-0.2, 0) is 0 Å². The molecular weight excluding hydrogens is 387 g/mol. The Labute approximate surface area is 152 Å². The number of carbonyl (C=O) groups is 1. The fourth-order valence-corrected chi connectivity index (χ4v) is 2.86. The van der Waals surface area contributed by atoms with E-state index in [0.717, 1.165) is 0 Å². The van der Waals surface area contributed by atoms with Crippen molar-refractivity contribution < 1.29 is 13.9 Å². The van der Waals surface area contributed by atoms with Crippen LogP contribution in [0.3, 0.4) is 0 Å². The quantitative estimate of drug-likeness (QED) is 0.535. The maximum absolute atomic E-state index is 14.5. The molecule has 0 aliphatic rings. The Hall–Kier alpha value is -2.73. The molecule has 0 saturated carbocycles. The summed E-state index contributed by atoms with van der Waals surface area (Å²) in [5.41, 5.74) is 0.975. The predicted octanol–water partition coefficient (Wildman–Crippen LogP) is 3.74. The van der Waals surface area contributed by atoms with E-state index >= 15 is 0 Å². The number of nitrogens with zero attached hydrogens (tertiary/aromatic N) is 1. The fourth-order valence-electron chi connectivity index (χ4n) is 2.53. The normalized spacial score (nSPS) is 11.8. The highest BCUT2D eigenvalue weighted by Gasteiger charge is 2.24. The number of hydrogen-bond donors (Lipinski definition) is 1. The van der Waals surface area contributed by atoms with E-state index in [2.05, 4.69) is 21.2 Å². The van der Waals surface area contributed by atoms with Gasteiger partial charge in [-0.3, -0.25) is 4.79 Å². The molecule has 3 aromatic rings. The molecule has 1 amide bonds. The molecule has 0 aliphatic carbocycles. The van der Waals surface area contributed by atoms with Crippen molar-refractivity contribution in [3.8, 4) is 0 Å². The minimum absolute atomic E-state index is 0.0547. The summed E-state index contributed by atoms with van der Waals surface area (Å²) in [5, 5.41) is 14.6. The van der Waals surface area contributed by atoms with Crippen molar-refractivity contribution in [3.05, 3.63) is 105 Å². The second kappa shape index (κ2) is 7.44. The number of carbonyl (C=O) groups excluding carboxylic acids is 1. The Kier molecular flexibility index (Phi) is 5.09. The summed E-state index contributed by atoms with van der Waals surface area (Å²) in [4.78, 5) is 12.5. The lowest BCUT2D eigenvalue weighted by Crippen LogP contribution is -2.40. The van der Waals surface area contributed by atoms with Crippen LogP contribution in [0.2, 0.25) is 0 Å². The number of nitrogens with one attached hydrogen (secondary N) is 1. The smallest absolute Gasteiger partial charge is 0.318 e. The van der Waals surface area contributed by atoms with Gasteiger partial charge in [0, 0.05) is 22.2 Å². The number of pyridine rings is 1. The minimum Gasteiger partial charge on any atom is -0.618 e. The van der Waals surface area contributed by atoms with Crippen molar-refractivity contribution >= 4 is 21.8 Å². The van der Waals surface area contributed by atoms with Gasteiger partial charge in [0.1, 0.15) is 5.82 Å². The first-order valence-electron chi connectivity index (χ1n) is 7.55. The van der Waals surface area contributed by atoms with Crippen LogP contribution >= 0.6 is 15.9 Å². The van der Waals surface area contributed by atoms with Gasteiger partial charge < -0.3 is 10.5 Å². The molecule has 25 heavy (non-hydrogen) atoms. The maximum Gasteiger partial charge on any atom is 0.318 e. The molecule has 1 aromatic heterocycles. The summed E-state index contributed by atoms with van der Waals surface area (Å²) < 4.78 is 15.6. The van der Waals surface area contributed by atoms with Crippen molar-refractivity contribution in [2.45, 2.75) is 6.04 Å². The van der Waals surface area contributed by atoms with E-state index in [1.54, 1.807) is 30.3 Å². The third-order valence-corrected chi connectivity index (χ3v) is 4.23. The molecule has 6 heteroatoms. The fraction of sp³-hybridized carbons (Fsp3) is 0.0526. The summed E-state index contributed by atoms with van der Waals surface area (Å²) in [6.45, 7) is 0. The van der Waals surface area contributed by atoms with Gasteiger partial charge in [0.2, 0.25) is 0 Å². The van der Waals surface area contributed by atoms with E-state index in [-0.39, 0.29) is 5.69 Å². The Morgan fingerprint density at radius 1 is 1.08 bits per heavy atom. The van der Waals surface area contributed by atoms with Crippen LogP contribution in [-0.4, -0.2) is 5.91 Å². The van der Waals surface area contributed by atoms with Crippen molar-refractivity contribution in [3.63, 3.8) is 0 Å². The van der Waals surface area contributed by atoms with Crippen molar-refractivity contribution in [2.75, 3.05) is 0 Å². The van der Waals surface area contributed by atoms with Crippen LogP contribution in [0, 0.1) is 11.0 Å². The van der Waals surface area contributed by atoms with Crippen LogP contribution in [0.5, 0.6) is 0 Å². The highest BCUT2D eigenvalue weighted by atomic mass is 79.9. The third kappa shape index (κ3) is 3.85.